The quantitative estimate of drug-likeness (QED) is 0.761. The zero-order valence-corrected chi connectivity index (χ0v) is 19.1. The Kier molecular flexibility index (Phi) is 5.21. The van der Waals surface area contributed by atoms with Gasteiger partial charge in [0.25, 0.3) is 0 Å². The van der Waals surface area contributed by atoms with Crippen LogP contribution in [0.2, 0.25) is 0 Å². The van der Waals surface area contributed by atoms with Gasteiger partial charge in [-0.15, -0.1) is 0 Å². The van der Waals surface area contributed by atoms with Gasteiger partial charge in [0.2, 0.25) is 5.91 Å². The van der Waals surface area contributed by atoms with Crippen LogP contribution in [-0.2, 0) is 10.2 Å². The number of nitrogens with zero attached hydrogens (tertiary/aromatic N) is 2. The zero-order valence-electron chi connectivity index (χ0n) is 19.1. The number of rotatable bonds is 4. The third-order valence-corrected chi connectivity index (χ3v) is 9.35. The van der Waals surface area contributed by atoms with E-state index in [2.05, 4.69) is 35.2 Å². The highest BCUT2D eigenvalue weighted by atomic mass is 19.1. The van der Waals surface area contributed by atoms with E-state index in [1.54, 1.807) is 0 Å². The van der Waals surface area contributed by atoms with Gasteiger partial charge < -0.3 is 14.9 Å². The molecule has 4 saturated carbocycles. The summed E-state index contributed by atoms with van der Waals surface area (Å²) >= 11 is 0. The van der Waals surface area contributed by atoms with Crippen LogP contribution in [0, 0.1) is 29.5 Å². The molecule has 4 nitrogen and oxygen atoms in total. The number of carbonyl (C=O) groups excluding carboxylic acids is 1. The first-order valence-electron chi connectivity index (χ1n) is 12.6. The number of benzene rings is 2. The Bertz CT molecular complexity index is 970. The van der Waals surface area contributed by atoms with Gasteiger partial charge in [0, 0.05) is 43.7 Å². The Morgan fingerprint density at radius 3 is 2.03 bits per heavy atom. The summed E-state index contributed by atoms with van der Waals surface area (Å²) in [7, 11) is 0. The van der Waals surface area contributed by atoms with Crippen LogP contribution < -0.4 is 4.90 Å². The molecule has 174 valence electrons. The molecule has 0 spiro atoms. The predicted octanol–water partition coefficient (Wildman–Crippen LogP) is 4.23. The van der Waals surface area contributed by atoms with E-state index in [4.69, 9.17) is 0 Å². The van der Waals surface area contributed by atoms with E-state index < -0.39 is 0 Å². The average Bonchev–Trinajstić information content (AvgIpc) is 2.84. The third-order valence-electron chi connectivity index (χ3n) is 9.35. The Morgan fingerprint density at radius 1 is 0.879 bits per heavy atom. The third kappa shape index (κ3) is 3.47. The molecule has 0 aromatic heterocycles. The van der Waals surface area contributed by atoms with Crippen LogP contribution in [0.1, 0.15) is 37.7 Å². The highest BCUT2D eigenvalue weighted by molar-refractivity contribution is 5.78. The molecular formula is C28H33FN2O2. The molecule has 1 saturated heterocycles. The van der Waals surface area contributed by atoms with Crippen LogP contribution in [0.15, 0.2) is 54.6 Å². The van der Waals surface area contributed by atoms with Crippen LogP contribution in [0.3, 0.4) is 0 Å². The second-order valence-electron chi connectivity index (χ2n) is 10.8. The Balaban J connectivity index is 1.21. The Hall–Kier alpha value is -2.40. The van der Waals surface area contributed by atoms with Gasteiger partial charge in [-0.05, 0) is 79.2 Å². The monoisotopic (exact) mass is 448 g/mol. The Labute approximate surface area is 195 Å². The lowest BCUT2D eigenvalue weighted by Gasteiger charge is -2.63. The second-order valence-corrected chi connectivity index (χ2v) is 10.8. The second kappa shape index (κ2) is 8.12. The maximum atomic E-state index is 13.7. The van der Waals surface area contributed by atoms with E-state index in [9.17, 15) is 14.3 Å². The first-order valence-corrected chi connectivity index (χ1v) is 12.6. The van der Waals surface area contributed by atoms with Crippen molar-refractivity contribution in [1.29, 1.82) is 0 Å². The van der Waals surface area contributed by atoms with Crippen LogP contribution >= 0.6 is 0 Å². The molecule has 5 heteroatoms. The van der Waals surface area contributed by atoms with Gasteiger partial charge >= 0.3 is 0 Å². The van der Waals surface area contributed by atoms with Crippen molar-refractivity contribution in [2.75, 3.05) is 31.1 Å². The normalized spacial score (nSPS) is 35.2. The van der Waals surface area contributed by atoms with Crippen molar-refractivity contribution in [2.45, 2.75) is 43.6 Å². The van der Waals surface area contributed by atoms with E-state index in [-0.39, 0.29) is 23.2 Å². The van der Waals surface area contributed by atoms with E-state index in [1.807, 2.05) is 17.0 Å². The first kappa shape index (κ1) is 21.2. The van der Waals surface area contributed by atoms with Gasteiger partial charge in [-0.1, -0.05) is 30.3 Å². The van der Waals surface area contributed by atoms with Gasteiger partial charge in [-0.2, -0.15) is 0 Å². The van der Waals surface area contributed by atoms with Crippen molar-refractivity contribution in [1.82, 2.24) is 4.90 Å². The number of hydrogen-bond acceptors (Lipinski definition) is 3. The minimum atomic E-state index is -0.220. The fourth-order valence-corrected chi connectivity index (χ4v) is 7.80. The number of hydrogen-bond donors (Lipinski definition) is 1. The smallest absolute Gasteiger partial charge is 0.223 e. The average molecular weight is 449 g/mol. The number of anilines is 1. The summed E-state index contributed by atoms with van der Waals surface area (Å²) in [6.07, 6.45) is 4.65. The zero-order chi connectivity index (χ0) is 22.6. The van der Waals surface area contributed by atoms with E-state index >= 15 is 0 Å². The van der Waals surface area contributed by atoms with Crippen LogP contribution in [-0.4, -0.2) is 48.2 Å². The number of amides is 1. The highest BCUT2D eigenvalue weighted by Gasteiger charge is 2.61. The molecule has 7 rings (SSSR count). The molecule has 1 heterocycles. The lowest BCUT2D eigenvalue weighted by molar-refractivity contribution is -0.153. The van der Waals surface area contributed by atoms with Crippen molar-refractivity contribution < 1.29 is 14.3 Å². The lowest BCUT2D eigenvalue weighted by Crippen LogP contribution is -2.61. The topological polar surface area (TPSA) is 43.8 Å². The molecule has 2 aromatic carbocycles. The van der Waals surface area contributed by atoms with Crippen molar-refractivity contribution in [3.05, 3.63) is 66.0 Å². The summed E-state index contributed by atoms with van der Waals surface area (Å²) in [6.45, 7) is 2.97. The summed E-state index contributed by atoms with van der Waals surface area (Å²) in [6, 6.07) is 17.4. The van der Waals surface area contributed by atoms with E-state index in [0.29, 0.717) is 43.2 Å². The molecule has 0 radical (unpaired) electrons. The largest absolute Gasteiger partial charge is 0.393 e. The maximum Gasteiger partial charge on any atom is 0.223 e. The standard InChI is InChI=1S/C28H33FN2O2/c29-24-6-8-25(9-7-24)30-10-12-31(13-11-30)26(32)18-28(21-4-2-1-3-5-21)22-14-19-15-23(28)17-20(16-22)27(19)33/h1-9,19-20,22-23,27,33H,10-18H2. The summed E-state index contributed by atoms with van der Waals surface area (Å²) in [5.41, 5.74) is 2.25. The number of halogens is 1. The van der Waals surface area contributed by atoms with Gasteiger partial charge in [0.05, 0.1) is 6.10 Å². The van der Waals surface area contributed by atoms with Crippen molar-refractivity contribution in [3.8, 4) is 0 Å². The van der Waals surface area contributed by atoms with E-state index in [0.717, 1.165) is 44.5 Å². The maximum absolute atomic E-state index is 13.7. The molecule has 4 aliphatic carbocycles. The highest BCUT2D eigenvalue weighted by Crippen LogP contribution is 2.64. The van der Waals surface area contributed by atoms with Gasteiger partial charge in [0.1, 0.15) is 5.82 Å². The minimum absolute atomic E-state index is 0.0976. The van der Waals surface area contributed by atoms with E-state index in [1.165, 1.54) is 17.7 Å². The van der Waals surface area contributed by atoms with Crippen LogP contribution in [0.4, 0.5) is 10.1 Å². The molecule has 5 fully saturated rings. The summed E-state index contributed by atoms with van der Waals surface area (Å²) in [5.74, 6) is 1.84. The van der Waals surface area contributed by atoms with Crippen LogP contribution in [0.5, 0.6) is 0 Å². The summed E-state index contributed by atoms with van der Waals surface area (Å²) < 4.78 is 13.3. The fourth-order valence-electron chi connectivity index (χ4n) is 7.80. The summed E-state index contributed by atoms with van der Waals surface area (Å²) in [5, 5.41) is 10.7. The lowest BCUT2D eigenvalue weighted by atomic mass is 9.42. The molecular weight excluding hydrogens is 415 g/mol. The van der Waals surface area contributed by atoms with Crippen LogP contribution in [0.25, 0.3) is 0 Å². The number of piperazine rings is 1. The SMILES string of the molecule is O=C(CC1(c2ccccc2)C2CC3CC1CC(C2)C3O)N1CCN(c2ccc(F)cc2)CC1. The molecule has 5 aliphatic rings. The first-order chi connectivity index (χ1) is 16.0. The van der Waals surface area contributed by atoms with Gasteiger partial charge in [-0.3, -0.25) is 4.79 Å². The molecule has 2 aromatic rings. The van der Waals surface area contributed by atoms with Crippen molar-refractivity contribution in [3.63, 3.8) is 0 Å². The number of aliphatic hydroxyl groups is 1. The minimum Gasteiger partial charge on any atom is -0.393 e. The molecule has 0 atom stereocenters. The fraction of sp³-hybridized carbons (Fsp3) is 0.536. The van der Waals surface area contributed by atoms with Gasteiger partial charge in [0.15, 0.2) is 0 Å². The number of carbonyl (C=O) groups is 1. The molecule has 1 aliphatic heterocycles. The molecule has 33 heavy (non-hydrogen) atoms. The number of aliphatic hydroxyl groups excluding tert-OH is 1. The van der Waals surface area contributed by atoms with Crippen molar-refractivity contribution in [2.24, 2.45) is 23.7 Å². The van der Waals surface area contributed by atoms with Crippen molar-refractivity contribution >= 4 is 11.6 Å². The molecule has 4 bridgehead atoms. The van der Waals surface area contributed by atoms with Gasteiger partial charge in [-0.25, -0.2) is 4.39 Å². The Morgan fingerprint density at radius 2 is 1.45 bits per heavy atom. The molecule has 1 amide bonds. The predicted molar refractivity (Wildman–Crippen MR) is 126 cm³/mol. The molecule has 0 unspecified atom stereocenters. The summed E-state index contributed by atoms with van der Waals surface area (Å²) in [4.78, 5) is 18.0. The molecule has 1 N–H and O–H groups in total.